The first-order valence-electron chi connectivity index (χ1n) is 4.56. The van der Waals surface area contributed by atoms with Crippen molar-refractivity contribution in [3.63, 3.8) is 0 Å². The Morgan fingerprint density at radius 2 is 2.36 bits per heavy atom. The van der Waals surface area contributed by atoms with Gasteiger partial charge in [-0.25, -0.2) is 9.37 Å². The Morgan fingerprint density at radius 1 is 1.64 bits per heavy atom. The Balaban J connectivity index is 2.65. The van der Waals surface area contributed by atoms with Gasteiger partial charge in [-0.15, -0.1) is 0 Å². The summed E-state index contributed by atoms with van der Waals surface area (Å²) in [6.45, 7) is 3.88. The van der Waals surface area contributed by atoms with Gasteiger partial charge in [0.2, 0.25) is 0 Å². The summed E-state index contributed by atoms with van der Waals surface area (Å²) in [6, 6.07) is 2.69. The molecule has 0 aliphatic heterocycles. The Labute approximate surface area is 82.4 Å². The van der Waals surface area contributed by atoms with Gasteiger partial charge in [-0.2, -0.15) is 0 Å². The molecular formula is C10H13FN2O. The molecule has 3 nitrogen and oxygen atoms in total. The molecule has 4 heteroatoms. The van der Waals surface area contributed by atoms with Crippen LogP contribution >= 0.6 is 0 Å². The molecule has 0 aromatic carbocycles. The van der Waals surface area contributed by atoms with E-state index in [1.165, 1.54) is 12.1 Å². The minimum atomic E-state index is -0.440. The normalized spacial score (nSPS) is 12.2. The highest BCUT2D eigenvalue weighted by molar-refractivity contribution is 5.92. The van der Waals surface area contributed by atoms with Crippen molar-refractivity contribution in [1.29, 1.82) is 0 Å². The zero-order chi connectivity index (χ0) is 10.6. The summed E-state index contributed by atoms with van der Waals surface area (Å²) in [6.07, 6.45) is 1.89. The third-order valence-corrected chi connectivity index (χ3v) is 1.95. The van der Waals surface area contributed by atoms with Crippen molar-refractivity contribution in [3.05, 3.63) is 29.8 Å². The van der Waals surface area contributed by atoms with Crippen molar-refractivity contribution in [1.82, 2.24) is 10.3 Å². The van der Waals surface area contributed by atoms with Gasteiger partial charge < -0.3 is 5.32 Å². The van der Waals surface area contributed by atoms with Crippen LogP contribution in [0.25, 0.3) is 0 Å². The molecule has 1 heterocycles. The summed E-state index contributed by atoms with van der Waals surface area (Å²) in [5.41, 5.74) is 0.242. The molecule has 0 bridgehead atoms. The second-order valence-electron chi connectivity index (χ2n) is 3.14. The molecule has 0 spiro atoms. The lowest BCUT2D eigenvalue weighted by molar-refractivity contribution is 0.0934. The van der Waals surface area contributed by atoms with E-state index >= 15 is 0 Å². The first-order chi connectivity index (χ1) is 6.63. The highest BCUT2D eigenvalue weighted by Crippen LogP contribution is 1.99. The lowest BCUT2D eigenvalue weighted by Crippen LogP contribution is -2.32. The van der Waals surface area contributed by atoms with E-state index < -0.39 is 5.82 Å². The number of rotatable bonds is 3. The Morgan fingerprint density at radius 3 is 2.86 bits per heavy atom. The van der Waals surface area contributed by atoms with Crippen LogP contribution in [0.15, 0.2) is 18.3 Å². The molecule has 0 saturated heterocycles. The molecule has 1 aromatic rings. The number of nitrogens with zero attached hydrogens (tertiary/aromatic N) is 1. The van der Waals surface area contributed by atoms with E-state index in [2.05, 4.69) is 10.3 Å². The minimum Gasteiger partial charge on any atom is -0.348 e. The average molecular weight is 196 g/mol. The molecule has 1 N–H and O–H groups in total. The van der Waals surface area contributed by atoms with Crippen LogP contribution in [0.5, 0.6) is 0 Å². The Bertz CT molecular complexity index is 310. The molecule has 76 valence electrons. The number of carbonyl (C=O) groups is 1. The number of hydrogen-bond donors (Lipinski definition) is 1. The van der Waals surface area contributed by atoms with Gasteiger partial charge in [-0.3, -0.25) is 4.79 Å². The van der Waals surface area contributed by atoms with E-state index in [-0.39, 0.29) is 17.6 Å². The summed E-state index contributed by atoms with van der Waals surface area (Å²) in [5.74, 6) is -0.704. The van der Waals surface area contributed by atoms with Crippen LogP contribution in [-0.4, -0.2) is 16.9 Å². The van der Waals surface area contributed by atoms with E-state index in [4.69, 9.17) is 0 Å². The third kappa shape index (κ3) is 2.80. The van der Waals surface area contributed by atoms with E-state index in [1.807, 2.05) is 13.8 Å². The van der Waals surface area contributed by atoms with E-state index in [0.717, 1.165) is 12.6 Å². The fourth-order valence-electron chi connectivity index (χ4n) is 0.910. The first-order valence-corrected chi connectivity index (χ1v) is 4.56. The summed E-state index contributed by atoms with van der Waals surface area (Å²) < 4.78 is 12.5. The zero-order valence-corrected chi connectivity index (χ0v) is 8.25. The molecule has 14 heavy (non-hydrogen) atoms. The average Bonchev–Trinajstić information content (AvgIpc) is 2.18. The van der Waals surface area contributed by atoms with Crippen molar-refractivity contribution in [2.45, 2.75) is 26.3 Å². The molecular weight excluding hydrogens is 183 g/mol. The van der Waals surface area contributed by atoms with Crippen LogP contribution < -0.4 is 5.32 Å². The van der Waals surface area contributed by atoms with Crippen LogP contribution in [0.4, 0.5) is 4.39 Å². The maximum Gasteiger partial charge on any atom is 0.270 e. The molecule has 1 amide bonds. The van der Waals surface area contributed by atoms with E-state index in [0.29, 0.717) is 0 Å². The number of nitrogens with one attached hydrogen (secondary N) is 1. The molecule has 1 atom stereocenters. The van der Waals surface area contributed by atoms with Crippen LogP contribution in [-0.2, 0) is 0 Å². The smallest absolute Gasteiger partial charge is 0.270 e. The molecule has 0 fully saturated rings. The fraction of sp³-hybridized carbons (Fsp3) is 0.400. The van der Waals surface area contributed by atoms with Gasteiger partial charge in [-0.1, -0.05) is 6.92 Å². The van der Waals surface area contributed by atoms with Gasteiger partial charge in [0, 0.05) is 6.04 Å². The van der Waals surface area contributed by atoms with Crippen molar-refractivity contribution in [3.8, 4) is 0 Å². The van der Waals surface area contributed by atoms with Gasteiger partial charge in [0.05, 0.1) is 6.20 Å². The van der Waals surface area contributed by atoms with Crippen LogP contribution in [0.3, 0.4) is 0 Å². The maximum atomic E-state index is 12.5. The van der Waals surface area contributed by atoms with E-state index in [9.17, 15) is 9.18 Å². The lowest BCUT2D eigenvalue weighted by atomic mass is 10.2. The third-order valence-electron chi connectivity index (χ3n) is 1.95. The predicted molar refractivity (Wildman–Crippen MR) is 51.4 cm³/mol. The van der Waals surface area contributed by atoms with Crippen LogP contribution in [0, 0.1) is 5.82 Å². The number of carbonyl (C=O) groups excluding carboxylic acids is 1. The largest absolute Gasteiger partial charge is 0.348 e. The number of halogens is 1. The summed E-state index contributed by atoms with van der Waals surface area (Å²) in [7, 11) is 0. The molecule has 1 aromatic heterocycles. The van der Waals surface area contributed by atoms with Gasteiger partial charge >= 0.3 is 0 Å². The number of amides is 1. The lowest BCUT2D eigenvalue weighted by Gasteiger charge is -2.10. The summed E-state index contributed by atoms with van der Waals surface area (Å²) in [5, 5.41) is 2.74. The summed E-state index contributed by atoms with van der Waals surface area (Å²) in [4.78, 5) is 15.1. The van der Waals surface area contributed by atoms with Crippen molar-refractivity contribution < 1.29 is 9.18 Å². The minimum absolute atomic E-state index is 0.106. The fourth-order valence-corrected chi connectivity index (χ4v) is 0.910. The second kappa shape index (κ2) is 4.69. The van der Waals surface area contributed by atoms with E-state index in [1.54, 1.807) is 0 Å². The topological polar surface area (TPSA) is 42.0 Å². The zero-order valence-electron chi connectivity index (χ0n) is 8.25. The molecule has 0 saturated carbocycles. The number of pyridine rings is 1. The molecule has 1 unspecified atom stereocenters. The van der Waals surface area contributed by atoms with Crippen molar-refractivity contribution in [2.75, 3.05) is 0 Å². The first kappa shape index (κ1) is 10.6. The monoisotopic (exact) mass is 196 g/mol. The van der Waals surface area contributed by atoms with Gasteiger partial charge in [0.1, 0.15) is 11.5 Å². The van der Waals surface area contributed by atoms with Gasteiger partial charge in [0.15, 0.2) is 0 Å². The Hall–Kier alpha value is -1.45. The number of hydrogen-bond acceptors (Lipinski definition) is 2. The maximum absolute atomic E-state index is 12.5. The predicted octanol–water partition coefficient (Wildman–Crippen LogP) is 1.75. The van der Waals surface area contributed by atoms with Crippen LogP contribution in [0.1, 0.15) is 30.8 Å². The van der Waals surface area contributed by atoms with Gasteiger partial charge in [0.25, 0.3) is 5.91 Å². The molecule has 0 radical (unpaired) electrons. The molecule has 0 aliphatic carbocycles. The SMILES string of the molecule is CCC(C)NC(=O)c1ccc(F)cn1. The van der Waals surface area contributed by atoms with Crippen LogP contribution in [0.2, 0.25) is 0 Å². The molecule has 0 aliphatic rings. The van der Waals surface area contributed by atoms with Crippen molar-refractivity contribution in [2.24, 2.45) is 0 Å². The van der Waals surface area contributed by atoms with Crippen molar-refractivity contribution >= 4 is 5.91 Å². The Kier molecular flexibility index (Phi) is 3.56. The highest BCUT2D eigenvalue weighted by Gasteiger charge is 2.09. The second-order valence-corrected chi connectivity index (χ2v) is 3.14. The summed E-state index contributed by atoms with van der Waals surface area (Å²) >= 11 is 0. The number of aromatic nitrogens is 1. The van der Waals surface area contributed by atoms with Gasteiger partial charge in [-0.05, 0) is 25.5 Å². The standard InChI is InChI=1S/C10H13FN2O/c1-3-7(2)13-10(14)9-5-4-8(11)6-12-9/h4-7H,3H2,1-2H3,(H,13,14). The molecule has 1 rings (SSSR count). The highest BCUT2D eigenvalue weighted by atomic mass is 19.1. The quantitative estimate of drug-likeness (QED) is 0.800.